The fourth-order valence-electron chi connectivity index (χ4n) is 3.68. The molecular weight excluding hydrogens is 448 g/mol. The van der Waals surface area contributed by atoms with Gasteiger partial charge in [-0.3, -0.25) is 29.9 Å². The van der Waals surface area contributed by atoms with Gasteiger partial charge in [-0.15, -0.1) is 0 Å². The third kappa shape index (κ3) is 5.23. The molecule has 1 amide bonds. The summed E-state index contributed by atoms with van der Waals surface area (Å²) >= 11 is 1.69. The predicted molar refractivity (Wildman–Crippen MR) is 125 cm³/mol. The van der Waals surface area contributed by atoms with Crippen LogP contribution in [0.1, 0.15) is 15.9 Å². The molecule has 0 radical (unpaired) electrons. The van der Waals surface area contributed by atoms with E-state index in [1.807, 2.05) is 6.07 Å². The third-order valence-corrected chi connectivity index (χ3v) is 6.55. The summed E-state index contributed by atoms with van der Waals surface area (Å²) in [6.45, 7) is 6.27. The maximum absolute atomic E-state index is 12.4. The number of nitro groups is 2. The quantitative estimate of drug-likeness (QED) is 0.411. The SMILES string of the molecule is Cc1ccc2nc(N3CCN(CCNC(=O)c4cc([N+](=O)[O-])cc([N+](=O)[O-])c4)CC3)sc2c1. The lowest BCUT2D eigenvalue weighted by Gasteiger charge is -2.34. The Balaban J connectivity index is 1.29. The average molecular weight is 471 g/mol. The number of thiazole rings is 1. The third-order valence-electron chi connectivity index (χ3n) is 5.48. The molecule has 12 heteroatoms. The molecule has 1 saturated heterocycles. The smallest absolute Gasteiger partial charge is 0.277 e. The molecule has 1 aromatic heterocycles. The maximum atomic E-state index is 12.4. The van der Waals surface area contributed by atoms with Crippen molar-refractivity contribution >= 4 is 44.0 Å². The molecule has 0 unspecified atom stereocenters. The van der Waals surface area contributed by atoms with E-state index in [4.69, 9.17) is 4.98 Å². The number of amides is 1. The van der Waals surface area contributed by atoms with E-state index in [0.29, 0.717) is 13.1 Å². The molecule has 0 bridgehead atoms. The number of benzene rings is 2. The predicted octanol–water partition coefficient (Wildman–Crippen LogP) is 2.97. The van der Waals surface area contributed by atoms with E-state index in [1.165, 1.54) is 10.3 Å². The zero-order chi connectivity index (χ0) is 23.5. The molecule has 0 aliphatic carbocycles. The summed E-state index contributed by atoms with van der Waals surface area (Å²) in [6, 6.07) is 9.17. The number of non-ortho nitro benzene ring substituents is 2. The Kier molecular flexibility index (Phi) is 6.47. The molecule has 0 spiro atoms. The van der Waals surface area contributed by atoms with Crippen LogP contribution in [-0.2, 0) is 0 Å². The first-order valence-corrected chi connectivity index (χ1v) is 11.2. The van der Waals surface area contributed by atoms with Crippen LogP contribution in [0.3, 0.4) is 0 Å². The molecule has 3 aromatic rings. The second-order valence-electron chi connectivity index (χ2n) is 7.80. The molecule has 0 saturated carbocycles. The highest BCUT2D eigenvalue weighted by atomic mass is 32.1. The zero-order valence-corrected chi connectivity index (χ0v) is 18.7. The number of hydrogen-bond acceptors (Lipinski definition) is 9. The second kappa shape index (κ2) is 9.46. The van der Waals surface area contributed by atoms with Crippen molar-refractivity contribution < 1.29 is 14.6 Å². The summed E-state index contributed by atoms with van der Waals surface area (Å²) in [6.07, 6.45) is 0. The largest absolute Gasteiger partial charge is 0.351 e. The van der Waals surface area contributed by atoms with Gasteiger partial charge in [-0.1, -0.05) is 17.4 Å². The number of fused-ring (bicyclic) bond motifs is 1. The molecule has 1 aliphatic rings. The van der Waals surface area contributed by atoms with Gasteiger partial charge in [-0.2, -0.15) is 0 Å². The number of aromatic nitrogens is 1. The Morgan fingerprint density at radius 3 is 2.36 bits per heavy atom. The standard InChI is InChI=1S/C21H22N6O5S/c1-14-2-3-18-19(10-14)33-21(23-18)25-8-6-24(7-9-25)5-4-22-20(28)15-11-16(26(29)30)13-17(12-15)27(31)32/h2-3,10-13H,4-9H2,1H3,(H,22,28). The minimum Gasteiger partial charge on any atom is -0.351 e. The lowest BCUT2D eigenvalue weighted by atomic mass is 10.1. The van der Waals surface area contributed by atoms with Gasteiger partial charge in [-0.05, 0) is 24.6 Å². The highest BCUT2D eigenvalue weighted by Gasteiger charge is 2.22. The fourth-order valence-corrected chi connectivity index (χ4v) is 4.80. The summed E-state index contributed by atoms with van der Waals surface area (Å²) < 4.78 is 1.18. The van der Waals surface area contributed by atoms with E-state index in [2.05, 4.69) is 34.2 Å². The van der Waals surface area contributed by atoms with Crippen molar-refractivity contribution in [2.45, 2.75) is 6.92 Å². The van der Waals surface area contributed by atoms with Crippen LogP contribution in [0, 0.1) is 27.2 Å². The normalized spacial score (nSPS) is 14.4. The van der Waals surface area contributed by atoms with Crippen molar-refractivity contribution in [3.63, 3.8) is 0 Å². The van der Waals surface area contributed by atoms with Crippen LogP contribution in [0.2, 0.25) is 0 Å². The van der Waals surface area contributed by atoms with Gasteiger partial charge in [0.2, 0.25) is 0 Å². The molecule has 11 nitrogen and oxygen atoms in total. The molecule has 2 heterocycles. The topological polar surface area (TPSA) is 135 Å². The highest BCUT2D eigenvalue weighted by Crippen LogP contribution is 2.30. The van der Waals surface area contributed by atoms with Crippen molar-refractivity contribution in [1.29, 1.82) is 0 Å². The van der Waals surface area contributed by atoms with Crippen molar-refractivity contribution in [1.82, 2.24) is 15.2 Å². The van der Waals surface area contributed by atoms with Crippen LogP contribution in [0.25, 0.3) is 10.2 Å². The number of nitrogens with one attached hydrogen (secondary N) is 1. The van der Waals surface area contributed by atoms with Crippen molar-refractivity contribution in [2.75, 3.05) is 44.2 Å². The van der Waals surface area contributed by atoms with Gasteiger partial charge in [0.25, 0.3) is 17.3 Å². The lowest BCUT2D eigenvalue weighted by Crippen LogP contribution is -2.48. The molecule has 1 fully saturated rings. The first kappa shape index (κ1) is 22.6. The Labute approximate surface area is 192 Å². The van der Waals surface area contributed by atoms with E-state index in [0.717, 1.165) is 55.0 Å². The van der Waals surface area contributed by atoms with Crippen LogP contribution >= 0.6 is 11.3 Å². The molecule has 172 valence electrons. The van der Waals surface area contributed by atoms with Gasteiger partial charge in [0.15, 0.2) is 5.13 Å². The van der Waals surface area contributed by atoms with Crippen molar-refractivity contribution in [3.05, 3.63) is 67.8 Å². The number of nitro benzene ring substituents is 2. The van der Waals surface area contributed by atoms with Crippen LogP contribution in [0.4, 0.5) is 16.5 Å². The van der Waals surface area contributed by atoms with Gasteiger partial charge in [0.05, 0.1) is 31.7 Å². The Bertz CT molecular complexity index is 1190. The van der Waals surface area contributed by atoms with E-state index in [1.54, 1.807) is 11.3 Å². The number of anilines is 1. The molecule has 2 aromatic carbocycles. The molecule has 33 heavy (non-hydrogen) atoms. The monoisotopic (exact) mass is 470 g/mol. The van der Waals surface area contributed by atoms with E-state index < -0.39 is 27.1 Å². The van der Waals surface area contributed by atoms with E-state index in [9.17, 15) is 25.0 Å². The summed E-state index contributed by atoms with van der Waals surface area (Å²) in [4.78, 5) is 42.1. The van der Waals surface area contributed by atoms with Crippen LogP contribution < -0.4 is 10.2 Å². The summed E-state index contributed by atoms with van der Waals surface area (Å²) in [5.41, 5.74) is 1.13. The lowest BCUT2D eigenvalue weighted by molar-refractivity contribution is -0.394. The number of aryl methyl sites for hydroxylation is 1. The molecule has 1 aliphatic heterocycles. The minimum atomic E-state index is -0.754. The number of hydrogen-bond donors (Lipinski definition) is 1. The van der Waals surface area contributed by atoms with Gasteiger partial charge < -0.3 is 10.2 Å². The first-order chi connectivity index (χ1) is 15.8. The van der Waals surface area contributed by atoms with Crippen LogP contribution in [0.5, 0.6) is 0 Å². The number of nitrogens with zero attached hydrogens (tertiary/aromatic N) is 5. The first-order valence-electron chi connectivity index (χ1n) is 10.4. The van der Waals surface area contributed by atoms with Crippen LogP contribution in [-0.4, -0.2) is 64.9 Å². The average Bonchev–Trinajstić information content (AvgIpc) is 3.22. The number of piperazine rings is 1. The van der Waals surface area contributed by atoms with E-state index in [-0.39, 0.29) is 5.56 Å². The Morgan fingerprint density at radius 2 is 1.73 bits per heavy atom. The Hall–Kier alpha value is -3.64. The second-order valence-corrected chi connectivity index (χ2v) is 8.81. The fraction of sp³-hybridized carbons (Fsp3) is 0.333. The van der Waals surface area contributed by atoms with Crippen molar-refractivity contribution in [2.24, 2.45) is 0 Å². The van der Waals surface area contributed by atoms with Gasteiger partial charge in [0.1, 0.15) is 0 Å². The number of carbonyl (C=O) groups excluding carboxylic acids is 1. The zero-order valence-electron chi connectivity index (χ0n) is 17.9. The summed E-state index contributed by atoms with van der Waals surface area (Å²) in [7, 11) is 0. The number of rotatable bonds is 7. The van der Waals surface area contributed by atoms with Crippen molar-refractivity contribution in [3.8, 4) is 0 Å². The van der Waals surface area contributed by atoms with Gasteiger partial charge in [-0.25, -0.2) is 4.98 Å². The van der Waals surface area contributed by atoms with Crippen LogP contribution in [0.15, 0.2) is 36.4 Å². The van der Waals surface area contributed by atoms with Gasteiger partial charge >= 0.3 is 0 Å². The molecule has 4 rings (SSSR count). The molecular formula is C21H22N6O5S. The Morgan fingerprint density at radius 1 is 1.06 bits per heavy atom. The summed E-state index contributed by atoms with van der Waals surface area (Å²) in [5, 5.41) is 25.7. The molecule has 1 N–H and O–H groups in total. The minimum absolute atomic E-state index is 0.105. The number of carbonyl (C=O) groups is 1. The maximum Gasteiger partial charge on any atom is 0.277 e. The summed E-state index contributed by atoms with van der Waals surface area (Å²) in [5.74, 6) is -0.579. The molecule has 0 atom stereocenters. The highest BCUT2D eigenvalue weighted by molar-refractivity contribution is 7.22. The van der Waals surface area contributed by atoms with E-state index >= 15 is 0 Å². The van der Waals surface area contributed by atoms with Gasteiger partial charge in [0, 0.05) is 51.4 Å².